The smallest absolute Gasteiger partial charge is 0.269 e. The van der Waals surface area contributed by atoms with E-state index in [-0.39, 0.29) is 11.6 Å². The third-order valence-electron chi connectivity index (χ3n) is 4.01. The molecule has 0 saturated heterocycles. The number of amides is 1. The Morgan fingerprint density at radius 1 is 1.28 bits per heavy atom. The van der Waals surface area contributed by atoms with E-state index in [1.807, 2.05) is 0 Å². The Bertz CT molecular complexity index is 1040. The molecule has 1 unspecified atom stereocenters. The van der Waals surface area contributed by atoms with Crippen molar-refractivity contribution >= 4 is 40.8 Å². The molecule has 0 bridgehead atoms. The van der Waals surface area contributed by atoms with Crippen molar-refractivity contribution in [3.63, 3.8) is 0 Å². The average Bonchev–Trinajstić information content (AvgIpc) is 3.16. The van der Waals surface area contributed by atoms with Crippen LogP contribution in [-0.4, -0.2) is 33.4 Å². The Morgan fingerprint density at radius 3 is 2.66 bits per heavy atom. The molecule has 0 radical (unpaired) electrons. The molecule has 150 valence electrons. The van der Waals surface area contributed by atoms with E-state index in [1.54, 1.807) is 50.4 Å². The summed E-state index contributed by atoms with van der Waals surface area (Å²) in [6.07, 6.45) is 0. The molecule has 3 aromatic rings. The van der Waals surface area contributed by atoms with Crippen LogP contribution in [0.3, 0.4) is 0 Å². The van der Waals surface area contributed by atoms with Crippen LogP contribution in [0.4, 0.5) is 11.5 Å². The Kier molecular flexibility index (Phi) is 6.40. The summed E-state index contributed by atoms with van der Waals surface area (Å²) < 4.78 is 5.33. The topological polar surface area (TPSA) is 110 Å². The van der Waals surface area contributed by atoms with Crippen molar-refractivity contribution in [3.8, 4) is 17.0 Å². The van der Waals surface area contributed by atoms with E-state index < -0.39 is 10.2 Å². The molecule has 2 aromatic carbocycles. The van der Waals surface area contributed by atoms with Gasteiger partial charge in [-0.15, -0.1) is 11.8 Å². The second kappa shape index (κ2) is 8.97. The molecule has 0 saturated carbocycles. The molecule has 0 aliphatic heterocycles. The lowest BCUT2D eigenvalue weighted by Crippen LogP contribution is -2.22. The Morgan fingerprint density at radius 2 is 2.00 bits per heavy atom. The van der Waals surface area contributed by atoms with Gasteiger partial charge in [0.2, 0.25) is 5.91 Å². The molecule has 8 nitrogen and oxygen atoms in total. The highest BCUT2D eigenvalue weighted by Gasteiger charge is 2.17. The van der Waals surface area contributed by atoms with E-state index in [0.717, 1.165) is 10.5 Å². The van der Waals surface area contributed by atoms with E-state index in [4.69, 9.17) is 16.3 Å². The fourth-order valence-electron chi connectivity index (χ4n) is 2.55. The summed E-state index contributed by atoms with van der Waals surface area (Å²) >= 11 is 7.35. The summed E-state index contributed by atoms with van der Waals surface area (Å²) in [5, 5.41) is 20.6. The summed E-state index contributed by atoms with van der Waals surface area (Å²) in [7, 11) is 1.56. The van der Waals surface area contributed by atoms with Gasteiger partial charge in [0.05, 0.1) is 23.0 Å². The van der Waals surface area contributed by atoms with Crippen molar-refractivity contribution in [1.82, 2.24) is 10.2 Å². The number of nitrogens with zero attached hydrogens (tertiary/aromatic N) is 2. The number of non-ortho nitro benzene ring substituents is 1. The maximum Gasteiger partial charge on any atom is 0.269 e. The summed E-state index contributed by atoms with van der Waals surface area (Å²) in [5.41, 5.74) is 1.38. The number of ether oxygens (including phenoxy) is 1. The van der Waals surface area contributed by atoms with Crippen LogP contribution < -0.4 is 10.1 Å². The molecule has 10 heteroatoms. The van der Waals surface area contributed by atoms with Crippen molar-refractivity contribution in [2.75, 3.05) is 12.4 Å². The normalized spacial score (nSPS) is 11.7. The second-order valence-electron chi connectivity index (χ2n) is 6.01. The number of aromatic nitrogens is 2. The fourth-order valence-corrected chi connectivity index (χ4v) is 3.59. The van der Waals surface area contributed by atoms with Gasteiger partial charge in [-0.1, -0.05) is 11.6 Å². The van der Waals surface area contributed by atoms with E-state index in [1.165, 1.54) is 23.9 Å². The van der Waals surface area contributed by atoms with Crippen LogP contribution in [-0.2, 0) is 4.79 Å². The lowest BCUT2D eigenvalue weighted by atomic mass is 10.1. The van der Waals surface area contributed by atoms with Gasteiger partial charge >= 0.3 is 0 Å². The largest absolute Gasteiger partial charge is 0.496 e. The molecule has 3 rings (SSSR count). The van der Waals surface area contributed by atoms with Gasteiger partial charge in [0.15, 0.2) is 5.82 Å². The number of hydrogen-bond donors (Lipinski definition) is 2. The quantitative estimate of drug-likeness (QED) is 0.316. The Balaban J connectivity index is 1.67. The highest BCUT2D eigenvalue weighted by atomic mass is 35.5. The third-order valence-corrected chi connectivity index (χ3v) is 5.36. The first-order valence-electron chi connectivity index (χ1n) is 8.48. The van der Waals surface area contributed by atoms with E-state index in [2.05, 4.69) is 15.5 Å². The first-order valence-corrected chi connectivity index (χ1v) is 9.74. The average molecular weight is 433 g/mol. The lowest BCUT2D eigenvalue weighted by molar-refractivity contribution is -0.384. The van der Waals surface area contributed by atoms with Crippen molar-refractivity contribution < 1.29 is 14.5 Å². The zero-order valence-electron chi connectivity index (χ0n) is 15.5. The summed E-state index contributed by atoms with van der Waals surface area (Å²) in [5.74, 6) is 0.741. The maximum absolute atomic E-state index is 12.5. The number of nitro groups is 1. The minimum Gasteiger partial charge on any atom is -0.496 e. The summed E-state index contributed by atoms with van der Waals surface area (Å²) in [4.78, 5) is 23.5. The first-order chi connectivity index (χ1) is 13.9. The number of benzene rings is 2. The molecule has 0 fully saturated rings. The van der Waals surface area contributed by atoms with Crippen LogP contribution in [0.15, 0.2) is 53.4 Å². The van der Waals surface area contributed by atoms with Crippen molar-refractivity contribution in [2.24, 2.45) is 0 Å². The van der Waals surface area contributed by atoms with Gasteiger partial charge in [-0.2, -0.15) is 5.10 Å². The number of nitro benzene ring substituents is 1. The third kappa shape index (κ3) is 5.07. The number of methoxy groups -OCH3 is 1. The van der Waals surface area contributed by atoms with Crippen LogP contribution in [0.25, 0.3) is 11.3 Å². The molecule has 1 atom stereocenters. The zero-order chi connectivity index (χ0) is 21.0. The van der Waals surface area contributed by atoms with Gasteiger partial charge in [0.25, 0.3) is 5.69 Å². The molecule has 0 spiro atoms. The summed E-state index contributed by atoms with van der Waals surface area (Å²) in [6, 6.07) is 13.0. The number of carbonyl (C=O) groups excluding carboxylic acids is 1. The van der Waals surface area contributed by atoms with Crippen LogP contribution in [0.2, 0.25) is 5.02 Å². The van der Waals surface area contributed by atoms with Crippen LogP contribution >= 0.6 is 23.4 Å². The standard InChI is InChI=1S/C19H17ClN4O4S/c1-11(29-14-6-4-13(5-7-14)24(26)27)19(25)21-18-10-16(22-23-18)15-9-12(20)3-8-17(15)28-2/h3-11H,1-2H3,(H2,21,22,23,25). The maximum atomic E-state index is 12.5. The molecule has 0 aliphatic rings. The highest BCUT2D eigenvalue weighted by Crippen LogP contribution is 2.32. The zero-order valence-corrected chi connectivity index (χ0v) is 17.1. The second-order valence-corrected chi connectivity index (χ2v) is 7.86. The van der Waals surface area contributed by atoms with Gasteiger partial charge in [0.1, 0.15) is 5.75 Å². The van der Waals surface area contributed by atoms with Crippen molar-refractivity contribution in [2.45, 2.75) is 17.1 Å². The number of nitrogens with one attached hydrogen (secondary N) is 2. The number of hydrogen-bond acceptors (Lipinski definition) is 6. The SMILES string of the molecule is COc1ccc(Cl)cc1-c1cc(NC(=O)C(C)Sc2ccc([N+](=O)[O-])cc2)n[nH]1. The molecule has 2 N–H and O–H groups in total. The number of carbonyl (C=O) groups is 1. The van der Waals surface area contributed by atoms with Crippen molar-refractivity contribution in [3.05, 3.63) is 63.7 Å². The predicted molar refractivity (Wildman–Crippen MR) is 113 cm³/mol. The van der Waals surface area contributed by atoms with Gasteiger partial charge in [-0.3, -0.25) is 20.0 Å². The molecule has 0 aliphatic carbocycles. The number of aromatic amines is 1. The number of rotatable bonds is 7. The van der Waals surface area contributed by atoms with Gasteiger partial charge in [-0.05, 0) is 37.3 Å². The number of anilines is 1. The molecule has 1 amide bonds. The molecular weight excluding hydrogens is 416 g/mol. The molecular formula is C19H17ClN4O4S. The van der Waals surface area contributed by atoms with Crippen LogP contribution in [0.5, 0.6) is 5.75 Å². The molecule has 1 aromatic heterocycles. The van der Waals surface area contributed by atoms with E-state index >= 15 is 0 Å². The van der Waals surface area contributed by atoms with Crippen molar-refractivity contribution in [1.29, 1.82) is 0 Å². The van der Waals surface area contributed by atoms with Crippen LogP contribution in [0.1, 0.15) is 6.92 Å². The monoisotopic (exact) mass is 432 g/mol. The lowest BCUT2D eigenvalue weighted by Gasteiger charge is -2.10. The number of thioether (sulfide) groups is 1. The first kappa shape index (κ1) is 20.7. The van der Waals surface area contributed by atoms with Gasteiger partial charge in [-0.25, -0.2) is 0 Å². The fraction of sp³-hybridized carbons (Fsp3) is 0.158. The minimum absolute atomic E-state index is 0.00644. The van der Waals surface area contributed by atoms with E-state index in [9.17, 15) is 14.9 Å². The predicted octanol–water partition coefficient (Wildman–Crippen LogP) is 4.77. The van der Waals surface area contributed by atoms with E-state index in [0.29, 0.717) is 22.3 Å². The molecule has 1 heterocycles. The highest BCUT2D eigenvalue weighted by molar-refractivity contribution is 8.00. The minimum atomic E-state index is -0.464. The number of H-pyrrole nitrogens is 1. The summed E-state index contributed by atoms with van der Waals surface area (Å²) in [6.45, 7) is 1.75. The molecule has 29 heavy (non-hydrogen) atoms. The number of halogens is 1. The van der Waals surface area contributed by atoms with Gasteiger partial charge < -0.3 is 10.1 Å². The Hall–Kier alpha value is -3.04. The Labute approximate surface area is 175 Å². The van der Waals surface area contributed by atoms with Gasteiger partial charge in [0, 0.05) is 33.7 Å². The van der Waals surface area contributed by atoms with Crippen LogP contribution in [0, 0.1) is 10.1 Å².